The molecule has 0 aromatic heterocycles. The first-order valence-electron chi connectivity index (χ1n) is 7.38. The Kier molecular flexibility index (Phi) is 5.44. The minimum atomic E-state index is 0.923. The second-order valence-corrected chi connectivity index (χ2v) is 5.35. The van der Waals surface area contributed by atoms with Gasteiger partial charge in [-0.3, -0.25) is 0 Å². The normalized spacial score (nSPS) is 14.8. The van der Waals surface area contributed by atoms with Crippen LogP contribution < -0.4 is 0 Å². The standard InChI is InChI=1S/C20H22/c1-17(2)13-15-20(19-11-7-4-8-12-19)16-14-18-9-5-3-6-10-18/h3,5-6,9-10,14,16H,1,4,7-8,11-12H2,2H3/b16-14+. The Morgan fingerprint density at radius 2 is 1.75 bits per heavy atom. The summed E-state index contributed by atoms with van der Waals surface area (Å²) in [5, 5.41) is 0. The molecule has 1 saturated carbocycles. The lowest BCUT2D eigenvalue weighted by atomic mass is 9.90. The molecule has 102 valence electrons. The molecular formula is C20H22. The van der Waals surface area contributed by atoms with Crippen LogP contribution in [0.25, 0.3) is 6.08 Å². The molecule has 0 radical (unpaired) electrons. The van der Waals surface area contributed by atoms with Gasteiger partial charge in [0.2, 0.25) is 0 Å². The minimum absolute atomic E-state index is 0.923. The quantitative estimate of drug-likeness (QED) is 0.614. The first kappa shape index (κ1) is 14.4. The van der Waals surface area contributed by atoms with E-state index in [0.29, 0.717) is 0 Å². The van der Waals surface area contributed by atoms with Crippen molar-refractivity contribution in [3.63, 3.8) is 0 Å². The molecule has 1 aromatic carbocycles. The van der Waals surface area contributed by atoms with Crippen LogP contribution in [0.2, 0.25) is 0 Å². The van der Waals surface area contributed by atoms with Crippen molar-refractivity contribution >= 4 is 6.08 Å². The Labute approximate surface area is 122 Å². The molecule has 0 aliphatic heterocycles. The third-order valence-corrected chi connectivity index (χ3v) is 3.49. The maximum Gasteiger partial charge on any atom is 0.0241 e. The number of hydrogen-bond acceptors (Lipinski definition) is 0. The van der Waals surface area contributed by atoms with Crippen LogP contribution in [0, 0.1) is 11.8 Å². The highest BCUT2D eigenvalue weighted by molar-refractivity contribution is 5.58. The van der Waals surface area contributed by atoms with Crippen LogP contribution in [0.15, 0.2) is 59.7 Å². The molecule has 0 amide bonds. The van der Waals surface area contributed by atoms with Gasteiger partial charge in [-0.05, 0) is 49.8 Å². The first-order chi connectivity index (χ1) is 9.75. The lowest BCUT2D eigenvalue weighted by Gasteiger charge is -2.14. The molecule has 1 aliphatic carbocycles. The average molecular weight is 262 g/mol. The van der Waals surface area contributed by atoms with Crippen molar-refractivity contribution in [3.05, 3.63) is 65.3 Å². The van der Waals surface area contributed by atoms with E-state index in [1.54, 1.807) is 0 Å². The van der Waals surface area contributed by atoms with E-state index in [2.05, 4.69) is 54.8 Å². The lowest BCUT2D eigenvalue weighted by Crippen LogP contribution is -1.96. The summed E-state index contributed by atoms with van der Waals surface area (Å²) >= 11 is 0. The Morgan fingerprint density at radius 1 is 1.05 bits per heavy atom. The fourth-order valence-corrected chi connectivity index (χ4v) is 2.41. The monoisotopic (exact) mass is 262 g/mol. The summed E-state index contributed by atoms with van der Waals surface area (Å²) in [5.74, 6) is 6.43. The lowest BCUT2D eigenvalue weighted by molar-refractivity contribution is 0.597. The highest BCUT2D eigenvalue weighted by atomic mass is 14.1. The van der Waals surface area contributed by atoms with E-state index in [4.69, 9.17) is 0 Å². The summed E-state index contributed by atoms with van der Waals surface area (Å²) in [4.78, 5) is 0. The third kappa shape index (κ3) is 4.59. The van der Waals surface area contributed by atoms with Crippen LogP contribution in [-0.2, 0) is 0 Å². The van der Waals surface area contributed by atoms with Gasteiger partial charge >= 0.3 is 0 Å². The molecule has 0 saturated heterocycles. The summed E-state index contributed by atoms with van der Waals surface area (Å²) in [6.45, 7) is 5.83. The van der Waals surface area contributed by atoms with Gasteiger partial charge < -0.3 is 0 Å². The van der Waals surface area contributed by atoms with E-state index in [1.165, 1.54) is 48.8 Å². The van der Waals surface area contributed by atoms with Gasteiger partial charge in [0.15, 0.2) is 0 Å². The maximum atomic E-state index is 3.87. The predicted octanol–water partition coefficient (Wildman–Crippen LogP) is 5.54. The Bertz CT molecular complexity index is 565. The fraction of sp³-hybridized carbons (Fsp3) is 0.300. The molecule has 0 atom stereocenters. The largest absolute Gasteiger partial charge is 0.0877 e. The second kappa shape index (κ2) is 7.56. The van der Waals surface area contributed by atoms with Gasteiger partial charge in [0, 0.05) is 5.57 Å². The maximum absolute atomic E-state index is 3.87. The van der Waals surface area contributed by atoms with Crippen molar-refractivity contribution in [1.82, 2.24) is 0 Å². The van der Waals surface area contributed by atoms with Crippen LogP contribution in [0.5, 0.6) is 0 Å². The number of benzene rings is 1. The molecule has 0 N–H and O–H groups in total. The van der Waals surface area contributed by atoms with Gasteiger partial charge in [-0.1, -0.05) is 66.8 Å². The van der Waals surface area contributed by atoms with E-state index in [9.17, 15) is 0 Å². The molecule has 0 heterocycles. The van der Waals surface area contributed by atoms with Crippen molar-refractivity contribution in [1.29, 1.82) is 0 Å². The third-order valence-electron chi connectivity index (χ3n) is 3.49. The van der Waals surface area contributed by atoms with Crippen LogP contribution in [0.3, 0.4) is 0 Å². The summed E-state index contributed by atoms with van der Waals surface area (Å²) in [6, 6.07) is 10.4. The highest BCUT2D eigenvalue weighted by Crippen LogP contribution is 2.26. The zero-order valence-corrected chi connectivity index (χ0v) is 12.3. The van der Waals surface area contributed by atoms with Crippen molar-refractivity contribution in [2.45, 2.75) is 39.0 Å². The Hall–Kier alpha value is -2.00. The van der Waals surface area contributed by atoms with Gasteiger partial charge in [0.25, 0.3) is 0 Å². The second-order valence-electron chi connectivity index (χ2n) is 5.35. The van der Waals surface area contributed by atoms with E-state index in [0.717, 1.165) is 5.57 Å². The van der Waals surface area contributed by atoms with Crippen molar-refractivity contribution in [3.8, 4) is 11.8 Å². The molecule has 0 spiro atoms. The zero-order chi connectivity index (χ0) is 14.2. The van der Waals surface area contributed by atoms with Gasteiger partial charge in [-0.25, -0.2) is 0 Å². The van der Waals surface area contributed by atoms with E-state index in [1.807, 2.05) is 13.0 Å². The van der Waals surface area contributed by atoms with Gasteiger partial charge in [-0.15, -0.1) is 0 Å². The molecule has 1 aromatic rings. The molecule has 0 bridgehead atoms. The van der Waals surface area contributed by atoms with Gasteiger partial charge in [0.1, 0.15) is 0 Å². The Balaban J connectivity index is 2.25. The van der Waals surface area contributed by atoms with Crippen LogP contribution in [0.4, 0.5) is 0 Å². The van der Waals surface area contributed by atoms with Crippen LogP contribution >= 0.6 is 0 Å². The van der Waals surface area contributed by atoms with E-state index >= 15 is 0 Å². The zero-order valence-electron chi connectivity index (χ0n) is 12.3. The van der Waals surface area contributed by atoms with E-state index < -0.39 is 0 Å². The average Bonchev–Trinajstić information content (AvgIpc) is 2.49. The highest BCUT2D eigenvalue weighted by Gasteiger charge is 2.08. The Morgan fingerprint density at radius 3 is 2.40 bits per heavy atom. The summed E-state index contributed by atoms with van der Waals surface area (Å²) < 4.78 is 0. The van der Waals surface area contributed by atoms with E-state index in [-0.39, 0.29) is 0 Å². The smallest absolute Gasteiger partial charge is 0.0241 e. The van der Waals surface area contributed by atoms with Crippen LogP contribution in [-0.4, -0.2) is 0 Å². The summed E-state index contributed by atoms with van der Waals surface area (Å²) in [5.41, 5.74) is 4.85. The molecule has 0 unspecified atom stereocenters. The molecule has 2 rings (SSSR count). The van der Waals surface area contributed by atoms with Crippen molar-refractivity contribution in [2.75, 3.05) is 0 Å². The molecule has 1 aliphatic rings. The molecule has 20 heavy (non-hydrogen) atoms. The summed E-state index contributed by atoms with van der Waals surface area (Å²) in [7, 11) is 0. The number of allylic oxidation sites excluding steroid dienone is 4. The SMILES string of the molecule is C=C(C)C#CC(/C=C/c1ccccc1)=C1CCCCC1. The minimum Gasteiger partial charge on any atom is -0.0877 e. The van der Waals surface area contributed by atoms with Crippen LogP contribution in [0.1, 0.15) is 44.6 Å². The summed E-state index contributed by atoms with van der Waals surface area (Å²) in [6.07, 6.45) is 10.7. The van der Waals surface area contributed by atoms with Crippen molar-refractivity contribution in [2.24, 2.45) is 0 Å². The molecule has 1 fully saturated rings. The molecule has 0 nitrogen and oxygen atoms in total. The number of rotatable bonds is 2. The van der Waals surface area contributed by atoms with Crippen molar-refractivity contribution < 1.29 is 0 Å². The fourth-order valence-electron chi connectivity index (χ4n) is 2.41. The molecule has 0 heteroatoms. The topological polar surface area (TPSA) is 0 Å². The predicted molar refractivity (Wildman–Crippen MR) is 88.2 cm³/mol. The van der Waals surface area contributed by atoms with Gasteiger partial charge in [0.05, 0.1) is 0 Å². The van der Waals surface area contributed by atoms with Gasteiger partial charge in [-0.2, -0.15) is 0 Å². The first-order valence-corrected chi connectivity index (χ1v) is 7.38. The molecular weight excluding hydrogens is 240 g/mol. The number of hydrogen-bond donors (Lipinski definition) is 0.